The summed E-state index contributed by atoms with van der Waals surface area (Å²) in [4.78, 5) is 12.6. The first kappa shape index (κ1) is 39.4. The third-order valence-electron chi connectivity index (χ3n) is 6.32. The quantitative estimate of drug-likeness (QED) is 0.111. The van der Waals surface area contributed by atoms with Crippen molar-refractivity contribution in [1.29, 1.82) is 0 Å². The number of carbonyl (C=O) groups excluding carboxylic acids is 1. The summed E-state index contributed by atoms with van der Waals surface area (Å²) < 4.78 is 313. The fraction of sp³-hybridized carbons (Fsp3) is 0.0741. The molecule has 0 radical (unpaired) electrons. The third kappa shape index (κ3) is 6.03. The van der Waals surface area contributed by atoms with Crippen LogP contribution in [0.25, 0.3) is 0 Å². The van der Waals surface area contributed by atoms with E-state index in [1.54, 1.807) is 0 Å². The molecule has 0 N–H and O–H groups in total. The normalized spacial score (nSPS) is 12.1. The van der Waals surface area contributed by atoms with Crippen molar-refractivity contribution in [1.82, 2.24) is 0 Å². The average molecular weight is 790 g/mol. The second-order valence-corrected chi connectivity index (χ2v) is 9.37. The molecule has 4 rings (SSSR count). The SMILES string of the molecule is O=C(c1c(F)c(F)c(Oc2c(F)c(F)c(C(F)(F)F)c(F)c2F)c(F)c1F)c1c(F)c(F)c(Oc2c(F)c(F)c(C(F)(F)F)c(F)c2F)c(F)c1F. The van der Waals surface area contributed by atoms with E-state index >= 15 is 0 Å². The molecule has 0 spiro atoms. The lowest BCUT2D eigenvalue weighted by Crippen LogP contribution is -2.19. The third-order valence-corrected chi connectivity index (χ3v) is 6.32. The Bertz CT molecular complexity index is 1940. The van der Waals surface area contributed by atoms with E-state index in [1.165, 1.54) is 0 Å². The van der Waals surface area contributed by atoms with Gasteiger partial charge in [-0.25, -0.2) is 35.1 Å². The Kier molecular flexibility index (Phi) is 9.84. The summed E-state index contributed by atoms with van der Waals surface area (Å²) in [5, 5.41) is 0. The summed E-state index contributed by atoms with van der Waals surface area (Å²) in [6, 6.07) is 0. The van der Waals surface area contributed by atoms with Gasteiger partial charge < -0.3 is 9.47 Å². The highest BCUT2D eigenvalue weighted by molar-refractivity contribution is 6.10. The maximum atomic E-state index is 14.8. The van der Waals surface area contributed by atoms with Crippen molar-refractivity contribution in [2.75, 3.05) is 0 Å². The average Bonchev–Trinajstić information content (AvgIpc) is 3.03. The van der Waals surface area contributed by atoms with Crippen molar-refractivity contribution >= 4 is 5.78 Å². The summed E-state index contributed by atoms with van der Waals surface area (Å²) >= 11 is 0. The summed E-state index contributed by atoms with van der Waals surface area (Å²) in [6.07, 6.45) is -12.4. The summed E-state index contributed by atoms with van der Waals surface area (Å²) in [7, 11) is 0. The van der Waals surface area contributed by atoms with Gasteiger partial charge in [0.25, 0.3) is 0 Å². The lowest BCUT2D eigenvalue weighted by Gasteiger charge is -2.17. The topological polar surface area (TPSA) is 35.5 Å². The van der Waals surface area contributed by atoms with E-state index < -0.39 is 156 Å². The Balaban J connectivity index is 1.86. The van der Waals surface area contributed by atoms with Gasteiger partial charge in [0.1, 0.15) is 22.3 Å². The lowest BCUT2D eigenvalue weighted by atomic mass is 9.99. The van der Waals surface area contributed by atoms with Gasteiger partial charge in [-0.15, -0.1) is 0 Å². The molecule has 0 aliphatic carbocycles. The van der Waals surface area contributed by atoms with Crippen LogP contribution in [0, 0.1) is 93.1 Å². The summed E-state index contributed by atoms with van der Waals surface area (Å²) in [5.74, 6) is -67.0. The number of rotatable bonds is 6. The minimum Gasteiger partial charge on any atom is -0.444 e. The zero-order valence-corrected chi connectivity index (χ0v) is 23.0. The van der Waals surface area contributed by atoms with E-state index in [2.05, 4.69) is 9.47 Å². The van der Waals surface area contributed by atoms with Crippen LogP contribution < -0.4 is 9.47 Å². The predicted octanol–water partition coefficient (Wildman–Crippen LogP) is 10.8. The number of halogens is 22. The van der Waals surface area contributed by atoms with Crippen LogP contribution in [-0.4, -0.2) is 5.78 Å². The first-order chi connectivity index (χ1) is 23.7. The Hall–Kier alpha value is -5.39. The zero-order chi connectivity index (χ0) is 39.8. The molecule has 0 aromatic heterocycles. The number of carbonyl (C=O) groups is 1. The van der Waals surface area contributed by atoms with Gasteiger partial charge in [-0.3, -0.25) is 4.79 Å². The number of benzene rings is 4. The molecule has 0 unspecified atom stereocenters. The van der Waals surface area contributed by atoms with E-state index in [0.717, 1.165) is 0 Å². The second kappa shape index (κ2) is 13.0. The molecule has 0 aliphatic heterocycles. The number of ketones is 1. The molecule has 0 aliphatic rings. The second-order valence-electron chi connectivity index (χ2n) is 9.37. The van der Waals surface area contributed by atoms with Crippen LogP contribution in [0.1, 0.15) is 27.0 Å². The maximum absolute atomic E-state index is 14.8. The monoisotopic (exact) mass is 790 g/mol. The molecule has 0 saturated carbocycles. The molecule has 0 atom stereocenters. The minimum atomic E-state index is -6.18. The fourth-order valence-corrected chi connectivity index (χ4v) is 4.03. The van der Waals surface area contributed by atoms with Gasteiger partial charge in [0.2, 0.25) is 75.3 Å². The molecule has 0 fully saturated rings. The highest BCUT2D eigenvalue weighted by Gasteiger charge is 2.45. The maximum Gasteiger partial charge on any atom is 0.422 e. The van der Waals surface area contributed by atoms with E-state index in [4.69, 9.17) is 0 Å². The van der Waals surface area contributed by atoms with Gasteiger partial charge in [-0.2, -0.15) is 61.5 Å². The Morgan fingerprint density at radius 1 is 0.308 bits per heavy atom. The summed E-state index contributed by atoms with van der Waals surface area (Å²) in [5.41, 5.74) is -12.4. The first-order valence-electron chi connectivity index (χ1n) is 12.2. The fourth-order valence-electron chi connectivity index (χ4n) is 4.03. The summed E-state index contributed by atoms with van der Waals surface area (Å²) in [6.45, 7) is 0. The van der Waals surface area contributed by atoms with Crippen LogP contribution in [-0.2, 0) is 12.4 Å². The molecule has 4 aromatic carbocycles. The van der Waals surface area contributed by atoms with Crippen molar-refractivity contribution in [3.05, 3.63) is 115 Å². The van der Waals surface area contributed by atoms with Crippen LogP contribution in [0.15, 0.2) is 0 Å². The molecule has 25 heteroatoms. The largest absolute Gasteiger partial charge is 0.444 e. The first-order valence-corrected chi connectivity index (χ1v) is 12.2. The molecular formula is C27F22O3. The van der Waals surface area contributed by atoms with Gasteiger partial charge >= 0.3 is 12.4 Å². The Morgan fingerprint density at radius 3 is 0.654 bits per heavy atom. The van der Waals surface area contributed by atoms with Gasteiger partial charge in [-0.05, 0) is 0 Å². The molecular weight excluding hydrogens is 790 g/mol. The van der Waals surface area contributed by atoms with Crippen molar-refractivity contribution < 1.29 is 111 Å². The number of hydrogen-bond acceptors (Lipinski definition) is 3. The van der Waals surface area contributed by atoms with Crippen molar-refractivity contribution in [2.24, 2.45) is 0 Å². The van der Waals surface area contributed by atoms with Crippen molar-refractivity contribution in [2.45, 2.75) is 12.4 Å². The molecule has 52 heavy (non-hydrogen) atoms. The van der Waals surface area contributed by atoms with E-state index in [-0.39, 0.29) is 0 Å². The van der Waals surface area contributed by atoms with Crippen LogP contribution in [0.4, 0.5) is 96.6 Å². The molecule has 0 heterocycles. The number of ether oxygens (including phenoxy) is 2. The Labute approximate surface area is 268 Å². The highest BCUT2D eigenvalue weighted by Crippen LogP contribution is 2.45. The van der Waals surface area contributed by atoms with Gasteiger partial charge in [-0.1, -0.05) is 0 Å². The van der Waals surface area contributed by atoms with Gasteiger partial charge in [0, 0.05) is 0 Å². The number of hydrogen-bond donors (Lipinski definition) is 0. The lowest BCUT2D eigenvalue weighted by molar-refractivity contribution is -0.144. The van der Waals surface area contributed by atoms with Gasteiger partial charge in [0.15, 0.2) is 46.5 Å². The minimum absolute atomic E-state index is 2.85. The molecule has 280 valence electrons. The van der Waals surface area contributed by atoms with Crippen molar-refractivity contribution in [3.8, 4) is 23.0 Å². The van der Waals surface area contributed by atoms with E-state index in [0.29, 0.717) is 0 Å². The molecule has 0 bridgehead atoms. The smallest absolute Gasteiger partial charge is 0.422 e. The van der Waals surface area contributed by atoms with Crippen LogP contribution in [0.5, 0.6) is 23.0 Å². The standard InChI is InChI=1S/C27F22O3/c28-5-1(6(29)14(37)22(13(5)36)51-24-17(40)9(32)3(26(44,45)46)10(33)18(24)41)21(50)2-7(30)15(38)23(16(39)8(2)31)52-25-19(42)11(34)4(27(47,48)49)12(35)20(25)43. The van der Waals surface area contributed by atoms with Gasteiger partial charge in [0.05, 0.1) is 0 Å². The predicted molar refractivity (Wildman–Crippen MR) is 119 cm³/mol. The number of alkyl halides is 6. The molecule has 0 saturated heterocycles. The molecule has 0 amide bonds. The Morgan fingerprint density at radius 2 is 0.481 bits per heavy atom. The van der Waals surface area contributed by atoms with Crippen LogP contribution >= 0.6 is 0 Å². The van der Waals surface area contributed by atoms with E-state index in [1.807, 2.05) is 0 Å². The van der Waals surface area contributed by atoms with Crippen LogP contribution in [0.2, 0.25) is 0 Å². The zero-order valence-electron chi connectivity index (χ0n) is 23.0. The molecule has 3 nitrogen and oxygen atoms in total. The highest BCUT2D eigenvalue weighted by atomic mass is 19.4. The van der Waals surface area contributed by atoms with Crippen molar-refractivity contribution in [3.63, 3.8) is 0 Å². The van der Waals surface area contributed by atoms with E-state index in [9.17, 15) is 101 Å². The van der Waals surface area contributed by atoms with Crippen LogP contribution in [0.3, 0.4) is 0 Å². The molecule has 4 aromatic rings.